The Balaban J connectivity index is 1.50. The van der Waals surface area contributed by atoms with Gasteiger partial charge < -0.3 is 9.64 Å². The number of likely N-dealkylation sites (N-methyl/N-ethyl adjacent to an activating group) is 1. The second-order valence-corrected chi connectivity index (χ2v) is 9.66. The Morgan fingerprint density at radius 2 is 2.00 bits per heavy atom. The number of hydrogen-bond acceptors (Lipinski definition) is 5. The van der Waals surface area contributed by atoms with Crippen molar-refractivity contribution in [3.63, 3.8) is 0 Å². The number of rotatable bonds is 7. The molecule has 1 amide bonds. The normalized spacial score (nSPS) is 15.7. The fraction of sp³-hybridized carbons (Fsp3) is 0.429. The van der Waals surface area contributed by atoms with Gasteiger partial charge in [-0.25, -0.2) is 13.4 Å². The standard InChI is InChI=1S/C21H26ClN3O4S/c1-16-5-3-6-18(15-16)29-14-13-24(2)21(26)17-8-11-25(12-9-17)30(27,28)19-7-4-10-23-20(19)22/h3-7,10,15,17H,8-9,11-14H2,1-2H3. The molecule has 0 radical (unpaired) electrons. The van der Waals surface area contributed by atoms with Crippen molar-refractivity contribution >= 4 is 27.5 Å². The Morgan fingerprint density at radius 1 is 1.27 bits per heavy atom. The minimum absolute atomic E-state index is 0.00172. The van der Waals surface area contributed by atoms with Crippen LogP contribution in [0.3, 0.4) is 0 Å². The van der Waals surface area contributed by atoms with E-state index in [2.05, 4.69) is 4.98 Å². The Bertz CT molecular complexity index is 991. The first-order chi connectivity index (χ1) is 14.3. The number of benzene rings is 1. The number of pyridine rings is 1. The number of ether oxygens (including phenoxy) is 1. The first-order valence-corrected chi connectivity index (χ1v) is 11.7. The summed E-state index contributed by atoms with van der Waals surface area (Å²) in [6, 6.07) is 10.8. The van der Waals surface area contributed by atoms with E-state index >= 15 is 0 Å². The van der Waals surface area contributed by atoms with Crippen LogP contribution in [0.4, 0.5) is 0 Å². The zero-order valence-corrected chi connectivity index (χ0v) is 18.7. The van der Waals surface area contributed by atoms with Gasteiger partial charge in [0, 0.05) is 32.3 Å². The molecule has 0 unspecified atom stereocenters. The van der Waals surface area contributed by atoms with Crippen LogP contribution in [-0.4, -0.2) is 61.8 Å². The van der Waals surface area contributed by atoms with E-state index in [1.54, 1.807) is 18.0 Å². The van der Waals surface area contributed by atoms with Crippen LogP contribution in [0.2, 0.25) is 5.15 Å². The third-order valence-corrected chi connectivity index (χ3v) is 7.55. The molecule has 2 aromatic rings. The fourth-order valence-corrected chi connectivity index (χ4v) is 5.37. The molecule has 0 saturated carbocycles. The number of halogens is 1. The maximum Gasteiger partial charge on any atom is 0.246 e. The van der Waals surface area contributed by atoms with Crippen molar-refractivity contribution in [1.82, 2.24) is 14.2 Å². The summed E-state index contributed by atoms with van der Waals surface area (Å²) in [6.07, 6.45) is 2.39. The Morgan fingerprint density at radius 3 is 2.67 bits per heavy atom. The van der Waals surface area contributed by atoms with Gasteiger partial charge in [0.15, 0.2) is 0 Å². The zero-order chi connectivity index (χ0) is 21.7. The molecule has 0 bridgehead atoms. The maximum absolute atomic E-state index is 12.8. The van der Waals surface area contributed by atoms with Gasteiger partial charge in [-0.2, -0.15) is 4.31 Å². The number of carbonyl (C=O) groups excluding carboxylic acids is 1. The van der Waals surface area contributed by atoms with Gasteiger partial charge in [-0.05, 0) is 49.6 Å². The van der Waals surface area contributed by atoms with Gasteiger partial charge in [-0.3, -0.25) is 4.79 Å². The van der Waals surface area contributed by atoms with E-state index in [0.717, 1.165) is 11.3 Å². The third kappa shape index (κ3) is 5.30. The maximum atomic E-state index is 12.8. The van der Waals surface area contributed by atoms with Crippen molar-refractivity contribution in [2.75, 3.05) is 33.3 Å². The van der Waals surface area contributed by atoms with E-state index < -0.39 is 10.0 Å². The average molecular weight is 452 g/mol. The minimum atomic E-state index is -3.72. The lowest BCUT2D eigenvalue weighted by Gasteiger charge is -2.32. The molecule has 0 aliphatic carbocycles. The van der Waals surface area contributed by atoms with Crippen molar-refractivity contribution in [1.29, 1.82) is 0 Å². The summed E-state index contributed by atoms with van der Waals surface area (Å²) in [4.78, 5) is 18.3. The molecule has 0 N–H and O–H groups in total. The summed E-state index contributed by atoms with van der Waals surface area (Å²) in [5.41, 5.74) is 1.12. The summed E-state index contributed by atoms with van der Waals surface area (Å²) in [6.45, 7) is 3.42. The van der Waals surface area contributed by atoms with Crippen LogP contribution >= 0.6 is 11.6 Å². The molecule has 3 rings (SSSR count). The Labute approximate surface area is 182 Å². The number of nitrogens with zero attached hydrogens (tertiary/aromatic N) is 3. The topological polar surface area (TPSA) is 79.8 Å². The van der Waals surface area contributed by atoms with E-state index in [9.17, 15) is 13.2 Å². The van der Waals surface area contributed by atoms with Crippen LogP contribution in [0.5, 0.6) is 5.75 Å². The van der Waals surface area contributed by atoms with Crippen LogP contribution in [0.1, 0.15) is 18.4 Å². The summed E-state index contributed by atoms with van der Waals surface area (Å²) in [5, 5.41) is -0.0379. The zero-order valence-electron chi connectivity index (χ0n) is 17.1. The number of carbonyl (C=O) groups is 1. The highest BCUT2D eigenvalue weighted by atomic mass is 35.5. The number of hydrogen-bond donors (Lipinski definition) is 0. The molecule has 1 saturated heterocycles. The largest absolute Gasteiger partial charge is 0.492 e. The second kappa shape index (κ2) is 9.76. The van der Waals surface area contributed by atoms with Gasteiger partial charge in [0.05, 0.1) is 6.54 Å². The number of aromatic nitrogens is 1. The van der Waals surface area contributed by atoms with E-state index in [1.165, 1.54) is 16.6 Å². The number of amides is 1. The third-order valence-electron chi connectivity index (χ3n) is 5.21. The van der Waals surface area contributed by atoms with Gasteiger partial charge in [0.2, 0.25) is 15.9 Å². The SMILES string of the molecule is Cc1cccc(OCCN(C)C(=O)C2CCN(S(=O)(=O)c3cccnc3Cl)CC2)c1. The fourth-order valence-electron chi connectivity index (χ4n) is 3.47. The summed E-state index contributed by atoms with van der Waals surface area (Å²) in [5.74, 6) is 0.590. The quantitative estimate of drug-likeness (QED) is 0.604. The van der Waals surface area contributed by atoms with Crippen molar-refractivity contribution < 1.29 is 17.9 Å². The van der Waals surface area contributed by atoms with Crippen LogP contribution in [0, 0.1) is 12.8 Å². The molecule has 0 atom stereocenters. The lowest BCUT2D eigenvalue weighted by molar-refractivity contribution is -0.135. The molecular formula is C21H26ClN3O4S. The van der Waals surface area contributed by atoms with Crippen molar-refractivity contribution in [2.24, 2.45) is 5.92 Å². The predicted molar refractivity (Wildman–Crippen MR) is 115 cm³/mol. The summed E-state index contributed by atoms with van der Waals surface area (Å²) < 4.78 is 32.7. The monoisotopic (exact) mass is 451 g/mol. The van der Waals surface area contributed by atoms with Gasteiger partial charge in [0.25, 0.3) is 0 Å². The average Bonchev–Trinajstić information content (AvgIpc) is 2.73. The molecule has 1 aliphatic heterocycles. The molecule has 1 aromatic heterocycles. The first kappa shape index (κ1) is 22.5. The summed E-state index contributed by atoms with van der Waals surface area (Å²) in [7, 11) is -1.97. The van der Waals surface area contributed by atoms with Crippen molar-refractivity contribution in [3.05, 3.63) is 53.3 Å². The highest BCUT2D eigenvalue weighted by Crippen LogP contribution is 2.27. The van der Waals surface area contributed by atoms with E-state index in [4.69, 9.17) is 16.3 Å². The van der Waals surface area contributed by atoms with Gasteiger partial charge >= 0.3 is 0 Å². The number of sulfonamides is 1. The lowest BCUT2D eigenvalue weighted by atomic mass is 9.97. The Kier molecular flexibility index (Phi) is 7.33. The van der Waals surface area contributed by atoms with Crippen molar-refractivity contribution in [3.8, 4) is 5.75 Å². The first-order valence-electron chi connectivity index (χ1n) is 9.84. The highest BCUT2D eigenvalue weighted by Gasteiger charge is 2.34. The van der Waals surface area contributed by atoms with Crippen LogP contribution in [0.15, 0.2) is 47.5 Å². The smallest absolute Gasteiger partial charge is 0.246 e. The molecular weight excluding hydrogens is 426 g/mol. The van der Waals surface area contributed by atoms with Gasteiger partial charge in [0.1, 0.15) is 22.4 Å². The number of aryl methyl sites for hydroxylation is 1. The molecule has 30 heavy (non-hydrogen) atoms. The molecule has 1 fully saturated rings. The molecule has 1 aromatic carbocycles. The number of piperidine rings is 1. The molecule has 0 spiro atoms. The van der Waals surface area contributed by atoms with Gasteiger partial charge in [-0.15, -0.1) is 0 Å². The lowest BCUT2D eigenvalue weighted by Crippen LogP contribution is -2.44. The van der Waals surface area contributed by atoms with Gasteiger partial charge in [-0.1, -0.05) is 23.7 Å². The van der Waals surface area contributed by atoms with Crippen molar-refractivity contribution in [2.45, 2.75) is 24.7 Å². The second-order valence-electron chi connectivity index (χ2n) is 7.40. The van der Waals surface area contributed by atoms with Crippen LogP contribution in [0.25, 0.3) is 0 Å². The Hall–Kier alpha value is -2.16. The summed E-state index contributed by atoms with van der Waals surface area (Å²) >= 11 is 5.96. The van der Waals surface area contributed by atoms with E-state index in [-0.39, 0.29) is 35.0 Å². The van der Waals surface area contributed by atoms with Crippen LogP contribution < -0.4 is 4.74 Å². The highest BCUT2D eigenvalue weighted by molar-refractivity contribution is 7.89. The molecule has 7 nitrogen and oxygen atoms in total. The van der Waals surface area contributed by atoms with E-state index in [1.807, 2.05) is 31.2 Å². The van der Waals surface area contributed by atoms with Crippen LogP contribution in [-0.2, 0) is 14.8 Å². The molecule has 162 valence electrons. The molecule has 1 aliphatic rings. The molecule has 2 heterocycles. The van der Waals surface area contributed by atoms with E-state index in [0.29, 0.717) is 26.0 Å². The predicted octanol–water partition coefficient (Wildman–Crippen LogP) is 2.98. The minimum Gasteiger partial charge on any atom is -0.492 e. The molecule has 9 heteroatoms.